The van der Waals surface area contributed by atoms with Crippen molar-refractivity contribution in [2.75, 3.05) is 16.3 Å². The normalized spacial score (nSPS) is 11.8. The molecular formula is C34H31N5O6S2. The molecule has 240 valence electrons. The molecule has 2 N–H and O–H groups in total. The van der Waals surface area contributed by atoms with E-state index in [2.05, 4.69) is 16.4 Å². The molecule has 0 aliphatic carbocycles. The standard InChI is InChI=1S/C34H31N5O6S2/c1-46-18-17-30(34(41)42)37-33(40)32-16-15-31(45-32)26-11-13-27(14-12-26)39(47(43,44)29-5-3-2-4-6-29)22-28-20-36-23-38(28)21-25-9-7-24(19-35)8-10-25/h2-16,20,23,30H,17-18,21-22H2,1H3,(H,37,40)(H,41,42). The minimum Gasteiger partial charge on any atom is -0.480 e. The molecule has 5 rings (SSSR count). The zero-order valence-corrected chi connectivity index (χ0v) is 26.9. The summed E-state index contributed by atoms with van der Waals surface area (Å²) in [5, 5.41) is 21.1. The van der Waals surface area contributed by atoms with Gasteiger partial charge in [-0.3, -0.25) is 9.10 Å². The van der Waals surface area contributed by atoms with Crippen molar-refractivity contribution in [2.24, 2.45) is 0 Å². The lowest BCUT2D eigenvalue weighted by Crippen LogP contribution is -2.41. The van der Waals surface area contributed by atoms with Crippen LogP contribution in [0.25, 0.3) is 11.3 Å². The summed E-state index contributed by atoms with van der Waals surface area (Å²) in [6, 6.07) is 26.1. The van der Waals surface area contributed by atoms with Crippen LogP contribution in [-0.2, 0) is 27.9 Å². The third kappa shape index (κ3) is 7.92. The summed E-state index contributed by atoms with van der Waals surface area (Å²) in [7, 11) is -4.01. The highest BCUT2D eigenvalue weighted by atomic mass is 32.2. The number of furan rings is 1. The van der Waals surface area contributed by atoms with Crippen LogP contribution in [-0.4, -0.2) is 53.0 Å². The molecule has 13 heteroatoms. The fourth-order valence-electron chi connectivity index (χ4n) is 4.81. The summed E-state index contributed by atoms with van der Waals surface area (Å²) >= 11 is 1.49. The number of carboxylic acids is 1. The maximum atomic E-state index is 14.0. The number of nitrogens with zero attached hydrogens (tertiary/aromatic N) is 4. The van der Waals surface area contributed by atoms with Crippen LogP contribution in [0, 0.1) is 11.3 Å². The van der Waals surface area contributed by atoms with Gasteiger partial charge in [0.05, 0.1) is 40.8 Å². The number of aromatic nitrogens is 2. The zero-order chi connectivity index (χ0) is 33.4. The highest BCUT2D eigenvalue weighted by molar-refractivity contribution is 7.98. The van der Waals surface area contributed by atoms with Crippen LogP contribution in [0.1, 0.15) is 33.8 Å². The van der Waals surface area contributed by atoms with Crippen molar-refractivity contribution in [3.8, 4) is 17.4 Å². The van der Waals surface area contributed by atoms with Crippen molar-refractivity contribution in [1.82, 2.24) is 14.9 Å². The molecule has 0 saturated heterocycles. The second-order valence-electron chi connectivity index (χ2n) is 10.5. The Kier molecular flexibility index (Phi) is 10.4. The minimum absolute atomic E-state index is 0.0147. The molecule has 47 heavy (non-hydrogen) atoms. The number of imidazole rings is 1. The number of carbonyl (C=O) groups excluding carboxylic acids is 1. The number of hydrogen-bond donors (Lipinski definition) is 2. The molecule has 1 atom stereocenters. The van der Waals surface area contributed by atoms with Crippen LogP contribution in [0.3, 0.4) is 0 Å². The molecule has 0 aliphatic heterocycles. The molecule has 3 aromatic carbocycles. The van der Waals surface area contributed by atoms with E-state index in [0.717, 1.165) is 5.56 Å². The van der Waals surface area contributed by atoms with E-state index >= 15 is 0 Å². The van der Waals surface area contributed by atoms with Crippen LogP contribution >= 0.6 is 11.8 Å². The number of thioether (sulfide) groups is 1. The highest BCUT2D eigenvalue weighted by Crippen LogP contribution is 2.30. The average molecular weight is 670 g/mol. The zero-order valence-electron chi connectivity index (χ0n) is 25.3. The van der Waals surface area contributed by atoms with Gasteiger partial charge in [0, 0.05) is 18.3 Å². The second-order valence-corrected chi connectivity index (χ2v) is 13.4. The molecule has 0 aliphatic rings. The summed E-state index contributed by atoms with van der Waals surface area (Å²) in [6.45, 7) is 0.414. The lowest BCUT2D eigenvalue weighted by Gasteiger charge is -2.25. The maximum absolute atomic E-state index is 14.0. The van der Waals surface area contributed by atoms with Gasteiger partial charge in [-0.25, -0.2) is 18.2 Å². The van der Waals surface area contributed by atoms with Gasteiger partial charge in [0.25, 0.3) is 15.9 Å². The highest BCUT2D eigenvalue weighted by Gasteiger charge is 2.27. The lowest BCUT2D eigenvalue weighted by molar-refractivity contribution is -0.139. The monoisotopic (exact) mass is 669 g/mol. The van der Waals surface area contributed by atoms with Gasteiger partial charge in [-0.2, -0.15) is 17.0 Å². The van der Waals surface area contributed by atoms with Gasteiger partial charge in [-0.1, -0.05) is 30.3 Å². The van der Waals surface area contributed by atoms with Gasteiger partial charge in [0.15, 0.2) is 5.76 Å². The van der Waals surface area contributed by atoms with E-state index in [1.807, 2.05) is 23.0 Å². The number of rotatable bonds is 14. The minimum atomic E-state index is -4.01. The number of amides is 1. The number of benzene rings is 3. The molecule has 5 aromatic rings. The molecule has 1 amide bonds. The predicted molar refractivity (Wildman–Crippen MR) is 178 cm³/mol. The Hall–Kier alpha value is -5.32. The molecule has 0 bridgehead atoms. The van der Waals surface area contributed by atoms with Gasteiger partial charge in [0.2, 0.25) is 0 Å². The Morgan fingerprint density at radius 2 is 1.77 bits per heavy atom. The van der Waals surface area contributed by atoms with Gasteiger partial charge in [0.1, 0.15) is 11.8 Å². The Morgan fingerprint density at radius 3 is 2.43 bits per heavy atom. The molecule has 2 aromatic heterocycles. The number of carbonyl (C=O) groups is 2. The molecule has 0 radical (unpaired) electrons. The summed E-state index contributed by atoms with van der Waals surface area (Å²) in [5.41, 5.74) is 3.11. The SMILES string of the molecule is CSCCC(NC(=O)c1ccc(-c2ccc(N(Cc3cncn3Cc3ccc(C#N)cc3)S(=O)(=O)c3ccccc3)cc2)o1)C(=O)O. The number of carboxylic acid groups (broad SMARTS) is 1. The molecule has 0 saturated carbocycles. The quantitative estimate of drug-likeness (QED) is 0.158. The number of hydrogen-bond acceptors (Lipinski definition) is 8. The van der Waals surface area contributed by atoms with E-state index in [9.17, 15) is 23.1 Å². The average Bonchev–Trinajstić information content (AvgIpc) is 3.76. The molecule has 0 spiro atoms. The largest absolute Gasteiger partial charge is 0.480 e. The molecule has 1 unspecified atom stereocenters. The van der Waals surface area contributed by atoms with E-state index in [-0.39, 0.29) is 23.6 Å². The maximum Gasteiger partial charge on any atom is 0.326 e. The summed E-state index contributed by atoms with van der Waals surface area (Å²) < 4.78 is 36.9. The summed E-state index contributed by atoms with van der Waals surface area (Å²) in [6.07, 6.45) is 5.39. The predicted octanol–water partition coefficient (Wildman–Crippen LogP) is 5.39. The third-order valence-corrected chi connectivity index (χ3v) is 9.79. The summed E-state index contributed by atoms with van der Waals surface area (Å²) in [5.74, 6) is -0.871. The third-order valence-electron chi connectivity index (χ3n) is 7.35. The van der Waals surface area contributed by atoms with Crippen molar-refractivity contribution in [2.45, 2.75) is 30.4 Å². The van der Waals surface area contributed by atoms with Crippen LogP contribution in [0.4, 0.5) is 5.69 Å². The van der Waals surface area contributed by atoms with Crippen molar-refractivity contribution >= 4 is 39.3 Å². The fraction of sp³-hybridized carbons (Fsp3) is 0.176. The fourth-order valence-corrected chi connectivity index (χ4v) is 6.74. The molecular weight excluding hydrogens is 639 g/mol. The van der Waals surface area contributed by atoms with E-state index in [1.54, 1.807) is 73.2 Å². The Labute approximate surface area is 276 Å². The number of sulfonamides is 1. The molecule has 2 heterocycles. The topological polar surface area (TPSA) is 159 Å². The smallest absolute Gasteiger partial charge is 0.326 e. The van der Waals surface area contributed by atoms with Crippen LogP contribution < -0.4 is 9.62 Å². The van der Waals surface area contributed by atoms with E-state index in [0.29, 0.717) is 40.6 Å². The Balaban J connectivity index is 1.40. The first kappa shape index (κ1) is 33.1. The summed E-state index contributed by atoms with van der Waals surface area (Å²) in [4.78, 5) is 28.7. The second kappa shape index (κ2) is 14.8. The van der Waals surface area contributed by atoms with Crippen molar-refractivity contribution in [3.05, 3.63) is 126 Å². The van der Waals surface area contributed by atoms with Gasteiger partial charge < -0.3 is 19.4 Å². The van der Waals surface area contributed by atoms with Gasteiger partial charge in [-0.05, 0) is 84.7 Å². The van der Waals surface area contributed by atoms with Crippen molar-refractivity contribution in [1.29, 1.82) is 5.26 Å². The molecule has 11 nitrogen and oxygen atoms in total. The Bertz CT molecular complexity index is 1980. The van der Waals surface area contributed by atoms with Crippen molar-refractivity contribution in [3.63, 3.8) is 0 Å². The van der Waals surface area contributed by atoms with Gasteiger partial charge in [-0.15, -0.1) is 0 Å². The molecule has 0 fully saturated rings. The van der Waals surface area contributed by atoms with E-state index in [1.165, 1.54) is 34.3 Å². The van der Waals surface area contributed by atoms with Crippen molar-refractivity contribution < 1.29 is 27.5 Å². The van der Waals surface area contributed by atoms with E-state index < -0.39 is 27.9 Å². The number of nitriles is 1. The number of nitrogens with one attached hydrogen (secondary N) is 1. The first-order chi connectivity index (χ1) is 22.7. The number of anilines is 1. The number of aliphatic carboxylic acids is 1. The lowest BCUT2D eigenvalue weighted by atomic mass is 10.1. The van der Waals surface area contributed by atoms with Crippen LogP contribution in [0.15, 0.2) is 113 Å². The van der Waals surface area contributed by atoms with Crippen LogP contribution in [0.5, 0.6) is 0 Å². The first-order valence-corrected chi connectivity index (χ1v) is 17.3. The first-order valence-electron chi connectivity index (χ1n) is 14.5. The van der Waals surface area contributed by atoms with E-state index in [4.69, 9.17) is 9.68 Å². The van der Waals surface area contributed by atoms with Crippen LogP contribution in [0.2, 0.25) is 0 Å². The Morgan fingerprint density at radius 1 is 1.04 bits per heavy atom. The van der Waals surface area contributed by atoms with Gasteiger partial charge >= 0.3 is 5.97 Å².